The topological polar surface area (TPSA) is 38.3 Å². The Bertz CT molecular complexity index is 371. The van der Waals surface area contributed by atoms with Crippen molar-refractivity contribution in [3.63, 3.8) is 0 Å². The Kier molecular flexibility index (Phi) is 5.25. The van der Waals surface area contributed by atoms with Crippen LogP contribution in [-0.4, -0.2) is 19.1 Å². The van der Waals surface area contributed by atoms with Gasteiger partial charge in [-0.3, -0.25) is 4.79 Å². The minimum absolute atomic E-state index is 0.0522. The molecular formula is C11H13BrFNO2. The van der Waals surface area contributed by atoms with Crippen LogP contribution in [0.25, 0.3) is 0 Å². The fourth-order valence-electron chi connectivity index (χ4n) is 1.11. The van der Waals surface area contributed by atoms with Crippen LogP contribution < -0.4 is 10.1 Å². The summed E-state index contributed by atoms with van der Waals surface area (Å²) in [6, 6.07) is 4.37. The zero-order valence-corrected chi connectivity index (χ0v) is 10.5. The second kappa shape index (κ2) is 6.48. The molecular weight excluding hydrogens is 277 g/mol. The molecule has 16 heavy (non-hydrogen) atoms. The van der Waals surface area contributed by atoms with Crippen LogP contribution in [0.2, 0.25) is 0 Å². The van der Waals surface area contributed by atoms with Gasteiger partial charge in [0.25, 0.3) is 0 Å². The predicted octanol–water partition coefficient (Wildman–Crippen LogP) is 2.49. The van der Waals surface area contributed by atoms with Crippen LogP contribution >= 0.6 is 15.9 Å². The van der Waals surface area contributed by atoms with Gasteiger partial charge in [-0.1, -0.05) is 0 Å². The summed E-state index contributed by atoms with van der Waals surface area (Å²) in [7, 11) is 0. The van der Waals surface area contributed by atoms with Crippen molar-refractivity contribution in [2.45, 2.75) is 13.3 Å². The molecule has 0 heterocycles. The smallest absolute Gasteiger partial charge is 0.223 e. The Balaban J connectivity index is 2.37. The Labute approximate surface area is 102 Å². The minimum Gasteiger partial charge on any atom is -0.493 e. The van der Waals surface area contributed by atoms with E-state index >= 15 is 0 Å². The largest absolute Gasteiger partial charge is 0.493 e. The maximum absolute atomic E-state index is 12.9. The van der Waals surface area contributed by atoms with Gasteiger partial charge in [-0.25, -0.2) is 4.39 Å². The number of hydrogen-bond acceptors (Lipinski definition) is 2. The van der Waals surface area contributed by atoms with Crippen molar-refractivity contribution in [1.29, 1.82) is 0 Å². The molecule has 0 aliphatic heterocycles. The van der Waals surface area contributed by atoms with Crippen molar-refractivity contribution in [1.82, 2.24) is 5.32 Å². The standard InChI is InChI=1S/C11H13BrFNO2/c1-2-14-11(15)5-6-16-8-3-4-10(13)9(12)7-8/h3-4,7H,2,5-6H2,1H3,(H,14,15). The molecule has 0 spiro atoms. The van der Waals surface area contributed by atoms with Crippen molar-refractivity contribution in [2.24, 2.45) is 0 Å². The van der Waals surface area contributed by atoms with E-state index in [0.29, 0.717) is 23.2 Å². The summed E-state index contributed by atoms with van der Waals surface area (Å²) in [5.74, 6) is 0.150. The Morgan fingerprint density at radius 1 is 1.56 bits per heavy atom. The third kappa shape index (κ3) is 4.18. The first-order valence-corrected chi connectivity index (χ1v) is 5.77. The van der Waals surface area contributed by atoms with E-state index in [4.69, 9.17) is 4.74 Å². The highest BCUT2D eigenvalue weighted by Gasteiger charge is 2.03. The van der Waals surface area contributed by atoms with Gasteiger partial charge in [-0.15, -0.1) is 0 Å². The summed E-state index contributed by atoms with van der Waals surface area (Å²) in [6.07, 6.45) is 0.294. The predicted molar refractivity (Wildman–Crippen MR) is 62.9 cm³/mol. The third-order valence-corrected chi connectivity index (χ3v) is 2.47. The monoisotopic (exact) mass is 289 g/mol. The number of nitrogens with one attached hydrogen (secondary N) is 1. The van der Waals surface area contributed by atoms with Crippen LogP contribution in [0.15, 0.2) is 22.7 Å². The molecule has 0 saturated heterocycles. The normalized spacial score (nSPS) is 9.94. The van der Waals surface area contributed by atoms with E-state index in [-0.39, 0.29) is 18.3 Å². The zero-order chi connectivity index (χ0) is 12.0. The molecule has 0 fully saturated rings. The Morgan fingerprint density at radius 2 is 2.31 bits per heavy atom. The second-order valence-electron chi connectivity index (χ2n) is 3.13. The number of benzene rings is 1. The number of amides is 1. The van der Waals surface area contributed by atoms with E-state index < -0.39 is 0 Å². The average molecular weight is 290 g/mol. The van der Waals surface area contributed by atoms with Crippen LogP contribution in [0.1, 0.15) is 13.3 Å². The number of ether oxygens (including phenoxy) is 1. The molecule has 5 heteroatoms. The summed E-state index contributed by atoms with van der Waals surface area (Å²) >= 11 is 3.06. The van der Waals surface area contributed by atoms with Crippen LogP contribution in [0.4, 0.5) is 4.39 Å². The van der Waals surface area contributed by atoms with Gasteiger partial charge in [-0.2, -0.15) is 0 Å². The zero-order valence-electron chi connectivity index (χ0n) is 8.93. The highest BCUT2D eigenvalue weighted by molar-refractivity contribution is 9.10. The number of hydrogen-bond donors (Lipinski definition) is 1. The average Bonchev–Trinajstić information content (AvgIpc) is 2.24. The van der Waals surface area contributed by atoms with E-state index in [1.165, 1.54) is 18.2 Å². The molecule has 0 radical (unpaired) electrons. The van der Waals surface area contributed by atoms with E-state index in [2.05, 4.69) is 21.2 Å². The Morgan fingerprint density at radius 3 is 2.94 bits per heavy atom. The van der Waals surface area contributed by atoms with E-state index in [1.54, 1.807) is 0 Å². The fourth-order valence-corrected chi connectivity index (χ4v) is 1.47. The lowest BCUT2D eigenvalue weighted by atomic mass is 10.3. The molecule has 0 aliphatic rings. The Hall–Kier alpha value is -1.10. The second-order valence-corrected chi connectivity index (χ2v) is 3.98. The summed E-state index contributed by atoms with van der Waals surface area (Å²) in [5, 5.41) is 2.66. The lowest BCUT2D eigenvalue weighted by Crippen LogP contribution is -2.24. The summed E-state index contributed by atoms with van der Waals surface area (Å²) in [5.41, 5.74) is 0. The van der Waals surface area contributed by atoms with Crippen molar-refractivity contribution in [3.8, 4) is 5.75 Å². The number of carbonyl (C=O) groups is 1. The van der Waals surface area contributed by atoms with Gasteiger partial charge < -0.3 is 10.1 Å². The van der Waals surface area contributed by atoms with E-state index in [1.807, 2.05) is 6.92 Å². The van der Waals surface area contributed by atoms with Crippen LogP contribution in [0.5, 0.6) is 5.75 Å². The fraction of sp³-hybridized carbons (Fsp3) is 0.364. The van der Waals surface area contributed by atoms with Gasteiger partial charge in [0.15, 0.2) is 0 Å². The van der Waals surface area contributed by atoms with Gasteiger partial charge in [0.2, 0.25) is 5.91 Å². The van der Waals surface area contributed by atoms with Crippen molar-refractivity contribution in [2.75, 3.05) is 13.2 Å². The quantitative estimate of drug-likeness (QED) is 0.904. The van der Waals surface area contributed by atoms with Crippen LogP contribution in [-0.2, 0) is 4.79 Å². The van der Waals surface area contributed by atoms with Crippen LogP contribution in [0, 0.1) is 5.82 Å². The summed E-state index contributed by atoms with van der Waals surface area (Å²) < 4.78 is 18.5. The highest BCUT2D eigenvalue weighted by atomic mass is 79.9. The molecule has 1 rings (SSSR count). The molecule has 0 unspecified atom stereocenters. The molecule has 3 nitrogen and oxygen atoms in total. The SMILES string of the molecule is CCNC(=O)CCOc1ccc(F)c(Br)c1. The molecule has 0 aliphatic carbocycles. The van der Waals surface area contributed by atoms with Crippen molar-refractivity contribution in [3.05, 3.63) is 28.5 Å². The first-order chi connectivity index (χ1) is 7.63. The number of rotatable bonds is 5. The maximum atomic E-state index is 12.9. The lowest BCUT2D eigenvalue weighted by molar-refractivity contribution is -0.121. The van der Waals surface area contributed by atoms with Crippen LogP contribution in [0.3, 0.4) is 0 Å². The molecule has 1 N–H and O–H groups in total. The van der Waals surface area contributed by atoms with Gasteiger partial charge in [0.05, 0.1) is 17.5 Å². The molecule has 1 amide bonds. The van der Waals surface area contributed by atoms with Gasteiger partial charge >= 0.3 is 0 Å². The summed E-state index contributed by atoms with van der Waals surface area (Å²) in [6.45, 7) is 2.75. The molecule has 88 valence electrons. The number of halogens is 2. The maximum Gasteiger partial charge on any atom is 0.223 e. The number of carbonyl (C=O) groups excluding carboxylic acids is 1. The van der Waals surface area contributed by atoms with E-state index in [0.717, 1.165) is 0 Å². The first-order valence-electron chi connectivity index (χ1n) is 4.98. The van der Waals surface area contributed by atoms with Gasteiger partial charge in [-0.05, 0) is 41.1 Å². The minimum atomic E-state index is -0.337. The molecule has 1 aromatic rings. The van der Waals surface area contributed by atoms with Gasteiger partial charge in [0.1, 0.15) is 11.6 Å². The van der Waals surface area contributed by atoms with Gasteiger partial charge in [0, 0.05) is 6.54 Å². The first kappa shape index (κ1) is 13.0. The molecule has 0 atom stereocenters. The lowest BCUT2D eigenvalue weighted by Gasteiger charge is -2.06. The molecule has 1 aromatic carbocycles. The van der Waals surface area contributed by atoms with Crippen molar-refractivity contribution < 1.29 is 13.9 Å². The van der Waals surface area contributed by atoms with Crippen molar-refractivity contribution >= 4 is 21.8 Å². The third-order valence-electron chi connectivity index (χ3n) is 1.86. The highest BCUT2D eigenvalue weighted by Crippen LogP contribution is 2.21. The molecule has 0 bridgehead atoms. The van der Waals surface area contributed by atoms with E-state index in [9.17, 15) is 9.18 Å². The molecule has 0 saturated carbocycles. The summed E-state index contributed by atoms with van der Waals surface area (Å²) in [4.78, 5) is 11.1. The molecule has 0 aromatic heterocycles.